The number of hydrogen-bond donors (Lipinski definition) is 2. The van der Waals surface area contributed by atoms with Gasteiger partial charge in [-0.2, -0.15) is 0 Å². The third kappa shape index (κ3) is 8.64. The molecule has 0 bridgehead atoms. The van der Waals surface area contributed by atoms with Crippen LogP contribution in [0.15, 0.2) is 152 Å². The second kappa shape index (κ2) is 20.4. The monoisotopic (exact) mass is 951 g/mol. The van der Waals surface area contributed by atoms with Gasteiger partial charge in [-0.15, -0.1) is 5.10 Å². The van der Waals surface area contributed by atoms with Crippen molar-refractivity contribution >= 4 is 40.6 Å². The van der Waals surface area contributed by atoms with Crippen LogP contribution in [0.2, 0.25) is 0 Å². The molecule has 2 aromatic heterocycles. The SMILES string of the molecule is COCCOC(=O)N1C(=O)[C@@]2(c3cc(C#CCn4nnc5ccccc54)ccc31)[C@H](C(=O)NCCc1ccccn1)[C@H]1C(=O)O[C@H](c3ccccc3)[C@H](c3ccccc3)N1[C@@H]2c1ccc(OCCO)cc1. The van der Waals surface area contributed by atoms with Gasteiger partial charge in [-0.25, -0.2) is 14.4 Å². The fraction of sp³-hybridized carbons (Fsp3) is 0.255. The first kappa shape index (κ1) is 46.5. The maximum atomic E-state index is 16.4. The molecule has 0 unspecified atom stereocenters. The summed E-state index contributed by atoms with van der Waals surface area (Å²) in [6.07, 6.45) is 0.100. The van der Waals surface area contributed by atoms with Crippen molar-refractivity contribution in [3.63, 3.8) is 0 Å². The highest BCUT2D eigenvalue weighted by atomic mass is 16.6. The third-order valence-corrected chi connectivity index (χ3v) is 13.3. The number of methoxy groups -OCH3 is 1. The van der Waals surface area contributed by atoms with Gasteiger partial charge in [-0.3, -0.25) is 24.3 Å². The number of fused-ring (bicyclic) bond motifs is 4. The fourth-order valence-corrected chi connectivity index (χ4v) is 10.4. The van der Waals surface area contributed by atoms with E-state index in [2.05, 4.69) is 32.5 Å². The molecule has 10 rings (SSSR count). The van der Waals surface area contributed by atoms with Gasteiger partial charge in [0.05, 0.1) is 42.4 Å². The quantitative estimate of drug-likeness (QED) is 0.0729. The van der Waals surface area contributed by atoms with Gasteiger partial charge in [0.15, 0.2) is 0 Å². The molecule has 5 aromatic carbocycles. The maximum Gasteiger partial charge on any atom is 0.421 e. The lowest BCUT2D eigenvalue weighted by Gasteiger charge is -2.46. The van der Waals surface area contributed by atoms with Crippen molar-refractivity contribution < 1.29 is 43.2 Å². The molecule has 71 heavy (non-hydrogen) atoms. The Bertz CT molecular complexity index is 3130. The highest BCUT2D eigenvalue weighted by Gasteiger charge is 2.75. The number of aromatic nitrogens is 4. The standard InChI is InChI=1S/C55H49N7O9/c1-68-33-34-70-54(67)61-44-26-21-36(13-12-30-60-45-20-9-8-19-43(45)58-59-60)35-42(44)55(53(61)66)46(51(64)57-29-27-40-18-10-11-28-56-40)48-52(65)71-49(38-16-6-3-7-17-38)47(37-14-4-2-5-15-37)62(48)50(55)39-22-24-41(25-23-39)69-32-31-63/h2-11,14-26,28,35,46-50,63H,27,29-34H2,1H3,(H,57,64)/t46-,47-,48-,49+,50+,55-/m0/s1. The normalized spacial score (nSPS) is 21.3. The van der Waals surface area contributed by atoms with E-state index in [-0.39, 0.29) is 50.8 Å². The number of morpholine rings is 1. The molecule has 0 saturated carbocycles. The number of aliphatic hydroxyl groups is 1. The molecule has 7 aromatic rings. The van der Waals surface area contributed by atoms with E-state index < -0.39 is 59.4 Å². The van der Waals surface area contributed by atoms with Crippen molar-refractivity contribution in [2.45, 2.75) is 42.6 Å². The summed E-state index contributed by atoms with van der Waals surface area (Å²) in [6.45, 7) is -0.0247. The van der Waals surface area contributed by atoms with Gasteiger partial charge >= 0.3 is 12.1 Å². The Morgan fingerprint density at radius 1 is 0.817 bits per heavy atom. The number of ether oxygens (including phenoxy) is 4. The smallest absolute Gasteiger partial charge is 0.421 e. The Balaban J connectivity index is 1.21. The number of carbonyl (C=O) groups excluding carboxylic acids is 4. The number of hydrogen-bond acceptors (Lipinski definition) is 13. The van der Waals surface area contributed by atoms with Crippen LogP contribution in [0.25, 0.3) is 11.0 Å². The Kier molecular flexibility index (Phi) is 13.4. The lowest BCUT2D eigenvalue weighted by atomic mass is 9.65. The van der Waals surface area contributed by atoms with Crippen molar-refractivity contribution in [2.75, 3.05) is 45.0 Å². The Morgan fingerprint density at radius 2 is 1.56 bits per heavy atom. The van der Waals surface area contributed by atoms with Crippen LogP contribution in [0.3, 0.4) is 0 Å². The van der Waals surface area contributed by atoms with Crippen LogP contribution >= 0.6 is 0 Å². The zero-order valence-corrected chi connectivity index (χ0v) is 38.7. The number of imide groups is 1. The van der Waals surface area contributed by atoms with E-state index in [0.29, 0.717) is 34.4 Å². The zero-order chi connectivity index (χ0) is 48.9. The number of nitrogens with one attached hydrogen (secondary N) is 1. The molecule has 2 fully saturated rings. The molecule has 0 radical (unpaired) electrons. The number of anilines is 1. The van der Waals surface area contributed by atoms with Crippen LogP contribution in [0, 0.1) is 17.8 Å². The first-order valence-corrected chi connectivity index (χ1v) is 23.3. The number of amides is 3. The fourth-order valence-electron chi connectivity index (χ4n) is 10.4. The van der Waals surface area contributed by atoms with Gasteiger partial charge < -0.3 is 29.4 Å². The van der Waals surface area contributed by atoms with Crippen molar-refractivity contribution in [3.8, 4) is 17.6 Å². The largest absolute Gasteiger partial charge is 0.491 e. The highest BCUT2D eigenvalue weighted by Crippen LogP contribution is 2.66. The minimum absolute atomic E-state index is 0.0330. The molecule has 3 aliphatic rings. The van der Waals surface area contributed by atoms with E-state index >= 15 is 14.4 Å². The second-order valence-corrected chi connectivity index (χ2v) is 17.3. The molecular weight excluding hydrogens is 903 g/mol. The number of benzene rings is 5. The number of carbonyl (C=O) groups is 4. The average molecular weight is 952 g/mol. The molecule has 0 aliphatic carbocycles. The number of esters is 1. The molecule has 6 atom stereocenters. The number of nitrogens with zero attached hydrogens (tertiary/aromatic N) is 6. The lowest BCUT2D eigenvalue weighted by molar-refractivity contribution is -0.178. The van der Waals surface area contributed by atoms with E-state index in [1.165, 1.54) is 7.11 Å². The zero-order valence-electron chi connectivity index (χ0n) is 38.7. The molecule has 5 heterocycles. The summed E-state index contributed by atoms with van der Waals surface area (Å²) in [6, 6.07) is 40.7. The molecule has 358 valence electrons. The topological polar surface area (TPSA) is 188 Å². The minimum Gasteiger partial charge on any atom is -0.491 e. The van der Waals surface area contributed by atoms with E-state index in [1.54, 1.807) is 59.4 Å². The summed E-state index contributed by atoms with van der Waals surface area (Å²) in [7, 11) is 1.47. The summed E-state index contributed by atoms with van der Waals surface area (Å²) < 4.78 is 25.0. The number of aliphatic hydroxyl groups excluding tert-OH is 1. The van der Waals surface area contributed by atoms with Crippen LogP contribution in [0.1, 0.15) is 51.7 Å². The Hall–Kier alpha value is -8.23. The predicted octanol–water partition coefficient (Wildman–Crippen LogP) is 6.06. The summed E-state index contributed by atoms with van der Waals surface area (Å²) in [4.78, 5) is 69.5. The lowest BCUT2D eigenvalue weighted by Crippen LogP contribution is -2.56. The van der Waals surface area contributed by atoms with Crippen molar-refractivity contribution in [1.29, 1.82) is 0 Å². The maximum absolute atomic E-state index is 16.4. The van der Waals surface area contributed by atoms with Crippen LogP contribution in [-0.2, 0) is 47.0 Å². The van der Waals surface area contributed by atoms with Crippen LogP contribution in [0.4, 0.5) is 10.5 Å². The van der Waals surface area contributed by atoms with E-state index in [1.807, 2.05) is 102 Å². The first-order valence-electron chi connectivity index (χ1n) is 23.3. The number of rotatable bonds is 14. The summed E-state index contributed by atoms with van der Waals surface area (Å²) in [5, 5.41) is 21.3. The van der Waals surface area contributed by atoms with Gasteiger partial charge in [0.1, 0.15) is 48.6 Å². The highest BCUT2D eigenvalue weighted by molar-refractivity contribution is 6.23. The summed E-state index contributed by atoms with van der Waals surface area (Å²) in [5.74, 6) is 3.24. The molecule has 2 saturated heterocycles. The van der Waals surface area contributed by atoms with E-state index in [0.717, 1.165) is 21.7 Å². The third-order valence-electron chi connectivity index (χ3n) is 13.3. The number of para-hydroxylation sites is 1. The summed E-state index contributed by atoms with van der Waals surface area (Å²) in [5.41, 5.74) is 3.07. The van der Waals surface area contributed by atoms with Gasteiger partial charge in [0, 0.05) is 37.5 Å². The molecule has 16 heteroatoms. The minimum atomic E-state index is -2.04. The summed E-state index contributed by atoms with van der Waals surface area (Å²) >= 11 is 0. The van der Waals surface area contributed by atoms with E-state index in [4.69, 9.17) is 18.9 Å². The molecule has 2 N–H and O–H groups in total. The molecule has 3 aliphatic heterocycles. The van der Waals surface area contributed by atoms with Crippen LogP contribution in [-0.4, -0.2) is 100.0 Å². The van der Waals surface area contributed by atoms with Crippen LogP contribution < -0.4 is 15.0 Å². The number of cyclic esters (lactones) is 1. The van der Waals surface area contributed by atoms with Gasteiger partial charge in [-0.1, -0.05) is 108 Å². The van der Waals surface area contributed by atoms with Crippen molar-refractivity contribution in [3.05, 3.63) is 185 Å². The number of pyridine rings is 1. The average Bonchev–Trinajstić information content (AvgIpc) is 4.05. The van der Waals surface area contributed by atoms with Crippen molar-refractivity contribution in [2.24, 2.45) is 5.92 Å². The van der Waals surface area contributed by atoms with E-state index in [9.17, 15) is 9.90 Å². The molecule has 16 nitrogen and oxygen atoms in total. The second-order valence-electron chi connectivity index (χ2n) is 17.3. The molecule has 1 spiro atoms. The Labute approximate surface area is 409 Å². The predicted molar refractivity (Wildman–Crippen MR) is 260 cm³/mol. The van der Waals surface area contributed by atoms with Gasteiger partial charge in [0.2, 0.25) is 11.8 Å². The molecule has 3 amide bonds. The van der Waals surface area contributed by atoms with Gasteiger partial charge in [0.25, 0.3) is 0 Å². The van der Waals surface area contributed by atoms with Gasteiger partial charge in [-0.05, 0) is 76.9 Å². The first-order chi connectivity index (χ1) is 34.8. The van der Waals surface area contributed by atoms with Crippen molar-refractivity contribution in [1.82, 2.24) is 30.2 Å². The van der Waals surface area contributed by atoms with Crippen LogP contribution in [0.5, 0.6) is 5.75 Å². The Morgan fingerprint density at radius 3 is 2.31 bits per heavy atom. The molecular formula is C55H49N7O9.